The van der Waals surface area contributed by atoms with E-state index in [4.69, 9.17) is 5.10 Å². The van der Waals surface area contributed by atoms with E-state index < -0.39 is 11.9 Å². The zero-order valence-electron chi connectivity index (χ0n) is 20.2. The zero-order valence-corrected chi connectivity index (χ0v) is 20.2. The molecule has 36 heavy (non-hydrogen) atoms. The molecular formula is C28H26N4O4. The average molecular weight is 483 g/mol. The van der Waals surface area contributed by atoms with Crippen molar-refractivity contribution in [2.45, 2.75) is 13.8 Å². The number of rotatable bonds is 7. The molecule has 1 heterocycles. The summed E-state index contributed by atoms with van der Waals surface area (Å²) in [5, 5.41) is 10.1. The van der Waals surface area contributed by atoms with Crippen molar-refractivity contribution in [3.8, 4) is 16.9 Å². The number of carbonyl (C=O) groups excluding carboxylic acids is 3. The molecule has 0 atom stereocenters. The van der Waals surface area contributed by atoms with Crippen molar-refractivity contribution in [3.63, 3.8) is 0 Å². The molecule has 2 amide bonds. The van der Waals surface area contributed by atoms with Crippen LogP contribution in [0.1, 0.15) is 31.8 Å². The number of amides is 2. The van der Waals surface area contributed by atoms with E-state index in [1.54, 1.807) is 35.1 Å². The summed E-state index contributed by atoms with van der Waals surface area (Å²) < 4.78 is 6.22. The molecule has 0 radical (unpaired) electrons. The van der Waals surface area contributed by atoms with Crippen molar-refractivity contribution in [1.29, 1.82) is 0 Å². The zero-order chi connectivity index (χ0) is 25.7. The van der Waals surface area contributed by atoms with Gasteiger partial charge >= 0.3 is 5.97 Å². The summed E-state index contributed by atoms with van der Waals surface area (Å²) >= 11 is 0. The maximum Gasteiger partial charge on any atom is 0.325 e. The molecule has 0 bridgehead atoms. The number of hydrogen-bond acceptors (Lipinski definition) is 5. The van der Waals surface area contributed by atoms with Gasteiger partial charge < -0.3 is 15.4 Å². The summed E-state index contributed by atoms with van der Waals surface area (Å²) in [5.74, 6) is -1.37. The highest BCUT2D eigenvalue weighted by atomic mass is 16.5. The van der Waals surface area contributed by atoms with Crippen LogP contribution in [0.4, 0.5) is 5.69 Å². The fourth-order valence-electron chi connectivity index (χ4n) is 3.79. The van der Waals surface area contributed by atoms with Crippen LogP contribution in [0.15, 0.2) is 79.0 Å². The van der Waals surface area contributed by atoms with Gasteiger partial charge in [-0.25, -0.2) is 4.68 Å². The highest BCUT2D eigenvalue weighted by Gasteiger charge is 2.20. The van der Waals surface area contributed by atoms with E-state index in [-0.39, 0.29) is 12.5 Å². The van der Waals surface area contributed by atoms with Gasteiger partial charge in [-0.2, -0.15) is 5.10 Å². The topological polar surface area (TPSA) is 102 Å². The minimum absolute atomic E-state index is 0.246. The number of para-hydroxylation sites is 1. The summed E-state index contributed by atoms with van der Waals surface area (Å²) in [5.41, 5.74) is 5.49. The molecule has 3 aromatic carbocycles. The number of anilines is 1. The number of aromatic nitrogens is 2. The van der Waals surface area contributed by atoms with E-state index in [1.807, 2.05) is 56.3 Å². The molecule has 0 saturated heterocycles. The number of esters is 1. The highest BCUT2D eigenvalue weighted by Crippen LogP contribution is 2.28. The summed E-state index contributed by atoms with van der Waals surface area (Å²) in [4.78, 5) is 37.1. The smallest absolute Gasteiger partial charge is 0.325 e. The van der Waals surface area contributed by atoms with Crippen LogP contribution in [0, 0.1) is 13.8 Å². The first kappa shape index (κ1) is 24.4. The van der Waals surface area contributed by atoms with E-state index in [0.29, 0.717) is 22.5 Å². The first-order valence-electron chi connectivity index (χ1n) is 11.3. The van der Waals surface area contributed by atoms with Gasteiger partial charge in [0.25, 0.3) is 11.8 Å². The average Bonchev–Trinajstić information content (AvgIpc) is 3.33. The van der Waals surface area contributed by atoms with Crippen molar-refractivity contribution in [1.82, 2.24) is 15.1 Å². The van der Waals surface area contributed by atoms with E-state index in [2.05, 4.69) is 21.4 Å². The predicted molar refractivity (Wildman–Crippen MR) is 137 cm³/mol. The van der Waals surface area contributed by atoms with Gasteiger partial charge in [0.1, 0.15) is 12.2 Å². The number of nitrogens with zero attached hydrogens (tertiary/aromatic N) is 2. The molecule has 8 nitrogen and oxygen atoms in total. The molecule has 4 rings (SSSR count). The van der Waals surface area contributed by atoms with E-state index >= 15 is 0 Å². The van der Waals surface area contributed by atoms with E-state index in [9.17, 15) is 14.4 Å². The van der Waals surface area contributed by atoms with Crippen LogP contribution in [0.5, 0.6) is 0 Å². The molecule has 0 fully saturated rings. The largest absolute Gasteiger partial charge is 0.468 e. The Balaban J connectivity index is 1.65. The van der Waals surface area contributed by atoms with Crippen molar-refractivity contribution in [2.75, 3.05) is 19.0 Å². The molecular weight excluding hydrogens is 456 g/mol. The van der Waals surface area contributed by atoms with E-state index in [1.165, 1.54) is 7.11 Å². The Morgan fingerprint density at radius 2 is 1.69 bits per heavy atom. The second-order valence-corrected chi connectivity index (χ2v) is 8.28. The van der Waals surface area contributed by atoms with Crippen LogP contribution in [0.3, 0.4) is 0 Å². The van der Waals surface area contributed by atoms with Gasteiger partial charge in [0.15, 0.2) is 0 Å². The second kappa shape index (κ2) is 10.7. The molecule has 0 unspecified atom stereocenters. The standard InChI is InChI=1S/C28H26N4O4/c1-18-12-13-23(19(2)14-18)26-24(17-32(31-26)22-10-5-4-6-11-22)28(35)30-21-9-7-8-20(15-21)27(34)29-16-25(33)36-3/h4-15,17H,16H2,1-3H3,(H,29,34)(H,30,35). The number of nitrogens with one attached hydrogen (secondary N) is 2. The third-order valence-electron chi connectivity index (χ3n) is 5.62. The summed E-state index contributed by atoms with van der Waals surface area (Å²) in [6.07, 6.45) is 1.70. The minimum Gasteiger partial charge on any atom is -0.468 e. The van der Waals surface area contributed by atoms with Gasteiger partial charge in [0, 0.05) is 23.0 Å². The summed E-state index contributed by atoms with van der Waals surface area (Å²) in [6.45, 7) is 3.76. The molecule has 0 saturated carbocycles. The van der Waals surface area contributed by atoms with Crippen LogP contribution >= 0.6 is 0 Å². The second-order valence-electron chi connectivity index (χ2n) is 8.28. The molecule has 0 aliphatic heterocycles. The van der Waals surface area contributed by atoms with Crippen LogP contribution in [-0.4, -0.2) is 41.2 Å². The SMILES string of the molecule is COC(=O)CNC(=O)c1cccc(NC(=O)c2cn(-c3ccccc3)nc2-c2ccc(C)cc2C)c1. The Morgan fingerprint density at radius 3 is 2.42 bits per heavy atom. The normalized spacial score (nSPS) is 10.5. The summed E-state index contributed by atoms with van der Waals surface area (Å²) in [7, 11) is 1.25. The fraction of sp³-hybridized carbons (Fsp3) is 0.143. The Morgan fingerprint density at radius 1 is 0.917 bits per heavy atom. The van der Waals surface area contributed by atoms with Gasteiger partial charge in [-0.3, -0.25) is 14.4 Å². The number of aryl methyl sites for hydroxylation is 2. The Hall–Kier alpha value is -4.72. The summed E-state index contributed by atoms with van der Waals surface area (Å²) in [6, 6.07) is 22.0. The van der Waals surface area contributed by atoms with Crippen LogP contribution in [0.25, 0.3) is 16.9 Å². The molecule has 8 heteroatoms. The molecule has 0 aliphatic carbocycles. The van der Waals surface area contributed by atoms with Gasteiger partial charge in [0.2, 0.25) is 0 Å². The van der Waals surface area contributed by atoms with Gasteiger partial charge in [-0.1, -0.05) is 48.0 Å². The number of hydrogen-bond donors (Lipinski definition) is 2. The van der Waals surface area contributed by atoms with Gasteiger partial charge in [0.05, 0.1) is 18.4 Å². The van der Waals surface area contributed by atoms with Gasteiger partial charge in [-0.15, -0.1) is 0 Å². The molecule has 1 aromatic heterocycles. The monoisotopic (exact) mass is 482 g/mol. The Kier molecular flexibility index (Phi) is 7.25. The lowest BCUT2D eigenvalue weighted by Gasteiger charge is -2.09. The first-order valence-corrected chi connectivity index (χ1v) is 11.3. The quantitative estimate of drug-likeness (QED) is 0.382. The van der Waals surface area contributed by atoms with Crippen LogP contribution in [0.2, 0.25) is 0 Å². The molecule has 0 spiro atoms. The Labute approximate surface area is 208 Å². The van der Waals surface area contributed by atoms with E-state index in [0.717, 1.165) is 22.4 Å². The molecule has 4 aromatic rings. The van der Waals surface area contributed by atoms with Crippen molar-refractivity contribution >= 4 is 23.5 Å². The molecule has 2 N–H and O–H groups in total. The Bertz CT molecular complexity index is 1430. The maximum atomic E-state index is 13.4. The molecule has 182 valence electrons. The van der Waals surface area contributed by atoms with Crippen molar-refractivity contribution < 1.29 is 19.1 Å². The number of carbonyl (C=O) groups is 3. The van der Waals surface area contributed by atoms with Gasteiger partial charge in [-0.05, 0) is 49.7 Å². The van der Waals surface area contributed by atoms with Crippen molar-refractivity contribution in [2.24, 2.45) is 0 Å². The predicted octanol–water partition coefficient (Wildman–Crippen LogP) is 4.31. The number of methoxy groups -OCH3 is 1. The first-order chi connectivity index (χ1) is 17.4. The number of ether oxygens (including phenoxy) is 1. The lowest BCUT2D eigenvalue weighted by Crippen LogP contribution is -2.30. The maximum absolute atomic E-state index is 13.4. The number of benzene rings is 3. The lowest BCUT2D eigenvalue weighted by molar-refractivity contribution is -0.139. The minimum atomic E-state index is -0.554. The molecule has 0 aliphatic rings. The van der Waals surface area contributed by atoms with Crippen molar-refractivity contribution in [3.05, 3.63) is 101 Å². The third kappa shape index (κ3) is 5.50. The lowest BCUT2D eigenvalue weighted by atomic mass is 10.0. The van der Waals surface area contributed by atoms with Crippen LogP contribution in [-0.2, 0) is 9.53 Å². The third-order valence-corrected chi connectivity index (χ3v) is 5.62. The van der Waals surface area contributed by atoms with Crippen LogP contribution < -0.4 is 10.6 Å². The highest BCUT2D eigenvalue weighted by molar-refractivity contribution is 6.09. The fourth-order valence-corrected chi connectivity index (χ4v) is 3.79.